The van der Waals surface area contributed by atoms with Crippen molar-refractivity contribution in [3.05, 3.63) is 11.9 Å². The quantitative estimate of drug-likeness (QED) is 0.753. The Balaban J connectivity index is 2.36. The average Bonchev–Trinajstić information content (AvgIpc) is 2.96. The number of aromatic nitrogens is 2. The van der Waals surface area contributed by atoms with Crippen molar-refractivity contribution in [2.45, 2.75) is 45.3 Å². The van der Waals surface area contributed by atoms with Crippen molar-refractivity contribution >= 4 is 5.78 Å². The molecule has 2 rings (SSSR count). The topological polar surface area (TPSA) is 53.4 Å². The summed E-state index contributed by atoms with van der Waals surface area (Å²) in [4.78, 5) is 12.6. The molecule has 1 aliphatic heterocycles. The normalized spacial score (nSPS) is 23.3. The Morgan fingerprint density at radius 3 is 3.00 bits per heavy atom. The van der Waals surface area contributed by atoms with Crippen LogP contribution in [0.15, 0.2) is 6.20 Å². The fourth-order valence-electron chi connectivity index (χ4n) is 2.34. The lowest BCUT2D eigenvalue weighted by Gasteiger charge is -2.22. The van der Waals surface area contributed by atoms with Crippen LogP contribution >= 0.6 is 0 Å². The maximum absolute atomic E-state index is 12.6. The number of methoxy groups -OCH3 is 1. The Morgan fingerprint density at radius 2 is 2.44 bits per heavy atom. The minimum Gasteiger partial charge on any atom is -0.493 e. The molecule has 1 saturated heterocycles. The van der Waals surface area contributed by atoms with Gasteiger partial charge in [-0.15, -0.1) is 0 Å². The van der Waals surface area contributed by atoms with E-state index in [-0.39, 0.29) is 5.78 Å². The highest BCUT2D eigenvalue weighted by Gasteiger charge is 2.41. The molecular formula is C13H20N2O3. The van der Waals surface area contributed by atoms with Gasteiger partial charge in [-0.25, -0.2) is 0 Å². The number of aryl methyl sites for hydroxylation is 1. The monoisotopic (exact) mass is 252 g/mol. The number of rotatable bonds is 5. The van der Waals surface area contributed by atoms with Gasteiger partial charge in [-0.3, -0.25) is 9.48 Å². The number of ketones is 1. The first-order chi connectivity index (χ1) is 8.62. The van der Waals surface area contributed by atoms with Crippen molar-refractivity contribution in [1.82, 2.24) is 9.78 Å². The fourth-order valence-corrected chi connectivity index (χ4v) is 2.34. The van der Waals surface area contributed by atoms with E-state index in [4.69, 9.17) is 9.47 Å². The van der Waals surface area contributed by atoms with E-state index in [1.807, 2.05) is 6.92 Å². The summed E-state index contributed by atoms with van der Waals surface area (Å²) in [6.07, 6.45) is 4.20. The molecule has 1 aromatic heterocycles. The van der Waals surface area contributed by atoms with Gasteiger partial charge in [0, 0.05) is 13.2 Å². The molecule has 0 amide bonds. The van der Waals surface area contributed by atoms with Gasteiger partial charge in [0.2, 0.25) is 5.78 Å². The van der Waals surface area contributed by atoms with Gasteiger partial charge in [0.15, 0.2) is 5.75 Å². The number of nitrogens with zero attached hydrogens (tertiary/aromatic N) is 2. The predicted octanol–water partition coefficient (Wildman–Crippen LogP) is 2.05. The summed E-state index contributed by atoms with van der Waals surface area (Å²) in [7, 11) is 1.56. The first-order valence-electron chi connectivity index (χ1n) is 6.41. The second-order valence-electron chi connectivity index (χ2n) is 4.80. The zero-order chi connectivity index (χ0) is 13.2. The Bertz CT molecular complexity index is 433. The van der Waals surface area contributed by atoms with Crippen LogP contribution in [0.3, 0.4) is 0 Å². The number of Topliss-reactive ketones (excluding diaryl/α,β-unsaturated/α-hetero) is 1. The molecule has 1 aliphatic rings. The van der Waals surface area contributed by atoms with Gasteiger partial charge in [0.05, 0.1) is 13.3 Å². The van der Waals surface area contributed by atoms with E-state index in [2.05, 4.69) is 12.0 Å². The van der Waals surface area contributed by atoms with E-state index < -0.39 is 5.60 Å². The van der Waals surface area contributed by atoms with E-state index in [1.165, 1.54) is 0 Å². The zero-order valence-electron chi connectivity index (χ0n) is 11.2. The third-order valence-corrected chi connectivity index (χ3v) is 3.38. The summed E-state index contributed by atoms with van der Waals surface area (Å²) in [5, 5.41) is 4.22. The highest BCUT2D eigenvalue weighted by molar-refractivity contribution is 6.03. The predicted molar refractivity (Wildman–Crippen MR) is 67.0 cm³/mol. The summed E-state index contributed by atoms with van der Waals surface area (Å²) in [5.41, 5.74) is -0.192. The standard InChI is InChI=1S/C13H20N2O3/c1-4-7-15-11(10(17-3)9-14-15)12(16)13(2)6-5-8-18-13/h9H,4-8H2,1-3H3. The number of ether oxygens (including phenoxy) is 2. The summed E-state index contributed by atoms with van der Waals surface area (Å²) in [6, 6.07) is 0. The third kappa shape index (κ3) is 2.14. The number of hydrogen-bond acceptors (Lipinski definition) is 4. The van der Waals surface area contributed by atoms with E-state index in [0.29, 0.717) is 24.6 Å². The molecule has 0 bridgehead atoms. The van der Waals surface area contributed by atoms with E-state index in [1.54, 1.807) is 18.0 Å². The van der Waals surface area contributed by atoms with E-state index >= 15 is 0 Å². The molecule has 1 fully saturated rings. The lowest BCUT2D eigenvalue weighted by atomic mass is 9.94. The largest absolute Gasteiger partial charge is 0.493 e. The molecule has 0 N–H and O–H groups in total. The first-order valence-corrected chi connectivity index (χ1v) is 6.41. The lowest BCUT2D eigenvalue weighted by Crippen LogP contribution is -2.36. The number of carbonyl (C=O) groups is 1. The minimum absolute atomic E-state index is 0.0252. The van der Waals surface area contributed by atoms with Gasteiger partial charge in [-0.1, -0.05) is 6.92 Å². The van der Waals surface area contributed by atoms with Crippen molar-refractivity contribution in [1.29, 1.82) is 0 Å². The van der Waals surface area contributed by atoms with Crippen LogP contribution in [0.5, 0.6) is 5.75 Å². The van der Waals surface area contributed by atoms with Crippen LogP contribution in [0.2, 0.25) is 0 Å². The van der Waals surface area contributed by atoms with Crippen molar-refractivity contribution in [3.8, 4) is 5.75 Å². The van der Waals surface area contributed by atoms with Crippen LogP contribution < -0.4 is 4.74 Å². The summed E-state index contributed by atoms with van der Waals surface area (Å²) in [5.74, 6) is 0.507. The second kappa shape index (κ2) is 5.10. The molecule has 5 nitrogen and oxygen atoms in total. The second-order valence-corrected chi connectivity index (χ2v) is 4.80. The fraction of sp³-hybridized carbons (Fsp3) is 0.692. The van der Waals surface area contributed by atoms with Crippen LogP contribution in [0, 0.1) is 0 Å². The molecule has 1 aromatic rings. The summed E-state index contributed by atoms with van der Waals surface area (Å²) >= 11 is 0. The molecule has 18 heavy (non-hydrogen) atoms. The minimum atomic E-state index is -0.723. The van der Waals surface area contributed by atoms with Gasteiger partial charge in [0.25, 0.3) is 0 Å². The smallest absolute Gasteiger partial charge is 0.216 e. The number of hydrogen-bond donors (Lipinski definition) is 0. The molecule has 2 heterocycles. The van der Waals surface area contributed by atoms with Crippen molar-refractivity contribution < 1.29 is 14.3 Å². The number of carbonyl (C=O) groups excluding carboxylic acids is 1. The SMILES string of the molecule is CCCn1ncc(OC)c1C(=O)C1(C)CCCO1. The van der Waals surface area contributed by atoms with Gasteiger partial charge < -0.3 is 9.47 Å². The molecule has 0 aromatic carbocycles. The van der Waals surface area contributed by atoms with Crippen LogP contribution in [-0.4, -0.2) is 34.9 Å². The van der Waals surface area contributed by atoms with Crippen LogP contribution in [-0.2, 0) is 11.3 Å². The highest BCUT2D eigenvalue weighted by Crippen LogP contribution is 2.32. The molecule has 100 valence electrons. The van der Waals surface area contributed by atoms with Crippen molar-refractivity contribution in [3.63, 3.8) is 0 Å². The van der Waals surface area contributed by atoms with E-state index in [9.17, 15) is 4.79 Å². The highest BCUT2D eigenvalue weighted by atomic mass is 16.5. The molecule has 1 unspecified atom stereocenters. The maximum Gasteiger partial charge on any atom is 0.216 e. The third-order valence-electron chi connectivity index (χ3n) is 3.38. The molecule has 1 atom stereocenters. The Morgan fingerprint density at radius 1 is 1.67 bits per heavy atom. The Hall–Kier alpha value is -1.36. The molecular weight excluding hydrogens is 232 g/mol. The Kier molecular flexibility index (Phi) is 3.71. The van der Waals surface area contributed by atoms with Crippen LogP contribution in [0.4, 0.5) is 0 Å². The van der Waals surface area contributed by atoms with Gasteiger partial charge in [-0.05, 0) is 26.2 Å². The summed E-state index contributed by atoms with van der Waals surface area (Å²) < 4.78 is 12.6. The molecule has 0 spiro atoms. The molecule has 0 aliphatic carbocycles. The van der Waals surface area contributed by atoms with Gasteiger partial charge in [-0.2, -0.15) is 5.10 Å². The van der Waals surface area contributed by atoms with Gasteiger partial charge >= 0.3 is 0 Å². The first kappa shape index (κ1) is 13.1. The van der Waals surface area contributed by atoms with Crippen LogP contribution in [0.25, 0.3) is 0 Å². The zero-order valence-corrected chi connectivity index (χ0v) is 11.2. The summed E-state index contributed by atoms with van der Waals surface area (Å²) in [6.45, 7) is 5.26. The van der Waals surface area contributed by atoms with Crippen molar-refractivity contribution in [2.75, 3.05) is 13.7 Å². The molecule has 0 radical (unpaired) electrons. The maximum atomic E-state index is 12.6. The van der Waals surface area contributed by atoms with E-state index in [0.717, 1.165) is 19.3 Å². The average molecular weight is 252 g/mol. The van der Waals surface area contributed by atoms with Crippen molar-refractivity contribution in [2.24, 2.45) is 0 Å². The van der Waals surface area contributed by atoms with Crippen LogP contribution in [0.1, 0.15) is 43.6 Å². The lowest BCUT2D eigenvalue weighted by molar-refractivity contribution is 0.0201. The molecule has 0 saturated carbocycles. The Labute approximate surface area is 107 Å². The van der Waals surface area contributed by atoms with Gasteiger partial charge in [0.1, 0.15) is 11.3 Å². The molecule has 5 heteroatoms.